The Labute approximate surface area is 130 Å². The van der Waals surface area contributed by atoms with Crippen LogP contribution in [-0.2, 0) is 0 Å². The van der Waals surface area contributed by atoms with Gasteiger partial charge in [-0.3, -0.25) is 0 Å². The average Bonchev–Trinajstić information content (AvgIpc) is 2.36. The van der Waals surface area contributed by atoms with Crippen molar-refractivity contribution < 1.29 is 4.74 Å². The minimum atomic E-state index is 0.131. The van der Waals surface area contributed by atoms with Gasteiger partial charge in [0, 0.05) is 12.3 Å². The number of hydrogen-bond acceptors (Lipinski definition) is 3. The van der Waals surface area contributed by atoms with Gasteiger partial charge in [-0.05, 0) is 18.2 Å². The molecular weight excluding hydrogens is 327 g/mol. The normalized spacial score (nSPS) is 10.3. The van der Waals surface area contributed by atoms with Crippen molar-refractivity contribution in [3.63, 3.8) is 0 Å². The summed E-state index contributed by atoms with van der Waals surface area (Å²) < 4.78 is 5.63. The Bertz CT molecular complexity index is 649. The van der Waals surface area contributed by atoms with Crippen LogP contribution in [0.5, 0.6) is 11.5 Å². The van der Waals surface area contributed by atoms with Crippen molar-refractivity contribution in [2.75, 3.05) is 0 Å². The number of hydrogen-bond donors (Lipinski definition) is 1. The molecule has 0 aliphatic carbocycles. The van der Waals surface area contributed by atoms with Gasteiger partial charge < -0.3 is 10.5 Å². The van der Waals surface area contributed by atoms with E-state index in [0.29, 0.717) is 32.3 Å². The summed E-state index contributed by atoms with van der Waals surface area (Å²) in [5.41, 5.74) is 5.94. The van der Waals surface area contributed by atoms with Crippen molar-refractivity contribution in [2.24, 2.45) is 5.73 Å². The van der Waals surface area contributed by atoms with Crippen LogP contribution in [0.4, 0.5) is 0 Å². The second-order valence-corrected chi connectivity index (χ2v) is 5.17. The van der Waals surface area contributed by atoms with Gasteiger partial charge in [0.15, 0.2) is 5.75 Å². The smallest absolute Gasteiger partial charge is 0.156 e. The summed E-state index contributed by atoms with van der Waals surface area (Å²) >= 11 is 22.7. The molecule has 0 amide bonds. The van der Waals surface area contributed by atoms with Crippen molar-refractivity contribution in [3.8, 4) is 11.5 Å². The highest BCUT2D eigenvalue weighted by Crippen LogP contribution is 2.36. The van der Waals surface area contributed by atoms with Gasteiger partial charge in [0.2, 0.25) is 0 Å². The van der Waals surface area contributed by atoms with E-state index in [1.54, 1.807) is 18.3 Å². The fourth-order valence-electron chi connectivity index (χ4n) is 1.36. The molecular formula is C12H7Cl3N2OS. The molecule has 0 radical (unpaired) electrons. The van der Waals surface area contributed by atoms with Gasteiger partial charge in [-0.2, -0.15) is 0 Å². The lowest BCUT2D eigenvalue weighted by molar-refractivity contribution is 0.479. The SMILES string of the molecule is NC(=S)c1ncccc1Oc1cc(Cl)c(Cl)cc1Cl. The maximum absolute atomic E-state index is 6.03. The number of ether oxygens (including phenoxy) is 1. The molecule has 0 atom stereocenters. The third kappa shape index (κ3) is 3.28. The number of aromatic nitrogens is 1. The second-order valence-electron chi connectivity index (χ2n) is 3.51. The number of halogens is 3. The Balaban J connectivity index is 2.42. The van der Waals surface area contributed by atoms with Crippen LogP contribution < -0.4 is 10.5 Å². The van der Waals surface area contributed by atoms with Crippen LogP contribution in [0, 0.1) is 0 Å². The lowest BCUT2D eigenvalue weighted by atomic mass is 10.3. The van der Waals surface area contributed by atoms with E-state index < -0.39 is 0 Å². The minimum Gasteiger partial charge on any atom is -0.453 e. The first kappa shape index (κ1) is 14.3. The molecule has 1 aromatic carbocycles. The lowest BCUT2D eigenvalue weighted by Crippen LogP contribution is -2.12. The van der Waals surface area contributed by atoms with Crippen LogP contribution in [0.2, 0.25) is 15.1 Å². The zero-order valence-electron chi connectivity index (χ0n) is 9.36. The van der Waals surface area contributed by atoms with Crippen LogP contribution in [-0.4, -0.2) is 9.97 Å². The van der Waals surface area contributed by atoms with Gasteiger partial charge in [0.05, 0.1) is 15.1 Å². The monoisotopic (exact) mass is 332 g/mol. The Morgan fingerprint density at radius 2 is 1.79 bits per heavy atom. The minimum absolute atomic E-state index is 0.131. The van der Waals surface area contributed by atoms with Crippen LogP contribution in [0.1, 0.15) is 5.69 Å². The number of nitrogens with zero attached hydrogens (tertiary/aromatic N) is 1. The molecule has 0 fully saturated rings. The molecule has 1 heterocycles. The van der Waals surface area contributed by atoms with E-state index in [4.69, 9.17) is 57.5 Å². The van der Waals surface area contributed by atoms with Crippen molar-refractivity contribution >= 4 is 52.0 Å². The molecule has 0 aliphatic rings. The highest BCUT2D eigenvalue weighted by molar-refractivity contribution is 7.80. The first-order chi connectivity index (χ1) is 8.99. The number of benzene rings is 1. The zero-order valence-corrected chi connectivity index (χ0v) is 12.4. The quantitative estimate of drug-likeness (QED) is 0.665. The Hall–Kier alpha value is -1.07. The van der Waals surface area contributed by atoms with E-state index in [9.17, 15) is 0 Å². The molecule has 1 aromatic heterocycles. The standard InChI is InChI=1S/C12H7Cl3N2OS/c13-6-4-8(15)10(5-7(6)14)18-9-2-1-3-17-11(9)12(16)19/h1-5H,(H2,16,19). The first-order valence-electron chi connectivity index (χ1n) is 5.06. The molecule has 2 N–H and O–H groups in total. The van der Waals surface area contributed by atoms with E-state index in [2.05, 4.69) is 4.98 Å². The van der Waals surface area contributed by atoms with Crippen LogP contribution >= 0.6 is 47.0 Å². The Morgan fingerprint density at radius 1 is 1.11 bits per heavy atom. The molecule has 0 saturated heterocycles. The molecule has 0 saturated carbocycles. The van der Waals surface area contributed by atoms with E-state index in [1.807, 2.05) is 0 Å². The summed E-state index contributed by atoms with van der Waals surface area (Å²) in [5.74, 6) is 0.747. The predicted molar refractivity (Wildman–Crippen MR) is 81.7 cm³/mol. The molecule has 0 aliphatic heterocycles. The Kier molecular flexibility index (Phi) is 4.47. The maximum atomic E-state index is 6.03. The van der Waals surface area contributed by atoms with E-state index in [-0.39, 0.29) is 4.99 Å². The van der Waals surface area contributed by atoms with Gasteiger partial charge in [0.1, 0.15) is 16.4 Å². The van der Waals surface area contributed by atoms with Gasteiger partial charge in [-0.15, -0.1) is 0 Å². The van der Waals surface area contributed by atoms with Gasteiger partial charge in [-0.1, -0.05) is 47.0 Å². The van der Waals surface area contributed by atoms with Crippen LogP contribution in [0.25, 0.3) is 0 Å². The molecule has 0 bridgehead atoms. The number of rotatable bonds is 3. The Morgan fingerprint density at radius 3 is 2.47 bits per heavy atom. The highest BCUT2D eigenvalue weighted by atomic mass is 35.5. The summed E-state index contributed by atoms with van der Waals surface area (Å²) in [4.78, 5) is 4.18. The molecule has 7 heteroatoms. The van der Waals surface area contributed by atoms with Crippen LogP contribution in [0.3, 0.4) is 0 Å². The highest BCUT2D eigenvalue weighted by Gasteiger charge is 2.12. The van der Waals surface area contributed by atoms with Crippen molar-refractivity contribution in [3.05, 3.63) is 51.2 Å². The summed E-state index contributed by atoms with van der Waals surface area (Å²) in [7, 11) is 0. The number of thiocarbonyl (C=S) groups is 1. The summed E-state index contributed by atoms with van der Waals surface area (Å²) in [6.07, 6.45) is 1.57. The molecule has 19 heavy (non-hydrogen) atoms. The van der Waals surface area contributed by atoms with Crippen LogP contribution in [0.15, 0.2) is 30.5 Å². The molecule has 2 aromatic rings. The lowest BCUT2D eigenvalue weighted by Gasteiger charge is -2.11. The molecule has 3 nitrogen and oxygen atoms in total. The third-order valence-corrected chi connectivity index (χ3v) is 3.41. The van der Waals surface area contributed by atoms with E-state index in [1.165, 1.54) is 12.1 Å². The van der Waals surface area contributed by atoms with Crippen molar-refractivity contribution in [1.29, 1.82) is 0 Å². The molecule has 2 rings (SSSR count). The summed E-state index contributed by atoms with van der Waals surface area (Å²) in [6.45, 7) is 0. The van der Waals surface area contributed by atoms with Crippen molar-refractivity contribution in [1.82, 2.24) is 4.98 Å². The second kappa shape index (κ2) is 5.92. The average molecular weight is 334 g/mol. The van der Waals surface area contributed by atoms with E-state index >= 15 is 0 Å². The van der Waals surface area contributed by atoms with Crippen molar-refractivity contribution in [2.45, 2.75) is 0 Å². The fourth-order valence-corrected chi connectivity index (χ4v) is 2.09. The predicted octanol–water partition coefficient (Wildman–Crippen LogP) is 4.47. The topological polar surface area (TPSA) is 48.1 Å². The number of nitrogens with two attached hydrogens (primary N) is 1. The largest absolute Gasteiger partial charge is 0.453 e. The summed E-state index contributed by atoms with van der Waals surface area (Å²) in [6, 6.07) is 6.39. The first-order valence-corrected chi connectivity index (χ1v) is 6.60. The third-order valence-electron chi connectivity index (χ3n) is 2.20. The molecule has 98 valence electrons. The van der Waals surface area contributed by atoms with Gasteiger partial charge in [0.25, 0.3) is 0 Å². The summed E-state index contributed by atoms with van der Waals surface area (Å²) in [5, 5.41) is 1.01. The maximum Gasteiger partial charge on any atom is 0.156 e. The number of pyridine rings is 1. The zero-order chi connectivity index (χ0) is 14.0. The molecule has 0 spiro atoms. The van der Waals surface area contributed by atoms with Gasteiger partial charge >= 0.3 is 0 Å². The molecule has 0 unspecified atom stereocenters. The fraction of sp³-hybridized carbons (Fsp3) is 0. The van der Waals surface area contributed by atoms with Gasteiger partial charge in [-0.25, -0.2) is 4.98 Å². The van der Waals surface area contributed by atoms with E-state index in [0.717, 1.165) is 0 Å².